The smallest absolute Gasteiger partial charge is 0.368 e. The van der Waals surface area contributed by atoms with Crippen LogP contribution in [0.15, 0.2) is 24.3 Å². The van der Waals surface area contributed by atoms with Crippen molar-refractivity contribution in [1.82, 2.24) is 0 Å². The second-order valence-electron chi connectivity index (χ2n) is 4.58. The first-order valence-electron chi connectivity index (χ1n) is 6.17. The van der Waals surface area contributed by atoms with E-state index in [0.717, 1.165) is 25.3 Å². The predicted molar refractivity (Wildman–Crippen MR) is 65.5 cm³/mol. The van der Waals surface area contributed by atoms with Crippen LogP contribution in [-0.2, 0) is 6.18 Å². The third-order valence-corrected chi connectivity index (χ3v) is 3.40. The molecule has 1 aliphatic rings. The normalized spacial score (nSPS) is 20.4. The summed E-state index contributed by atoms with van der Waals surface area (Å²) in [5.74, 6) is 0. The Bertz CT molecular complexity index is 403. The van der Waals surface area contributed by atoms with Crippen LogP contribution < -0.4 is 10.6 Å². The first kappa shape index (κ1) is 13.2. The maximum atomic E-state index is 13.0. The molecule has 0 aromatic heterocycles. The molecule has 2 N–H and O–H groups in total. The number of para-hydroxylation sites is 1. The zero-order valence-electron chi connectivity index (χ0n) is 10.1. The van der Waals surface area contributed by atoms with Gasteiger partial charge in [0.25, 0.3) is 0 Å². The van der Waals surface area contributed by atoms with Gasteiger partial charge in [0.15, 0.2) is 0 Å². The minimum absolute atomic E-state index is 0.137. The lowest BCUT2D eigenvalue weighted by molar-refractivity contribution is -0.137. The molecule has 5 heteroatoms. The van der Waals surface area contributed by atoms with E-state index in [2.05, 4.69) is 0 Å². The zero-order chi connectivity index (χ0) is 13.2. The van der Waals surface area contributed by atoms with Gasteiger partial charge >= 0.3 is 6.18 Å². The van der Waals surface area contributed by atoms with E-state index in [9.17, 15) is 13.2 Å². The summed E-state index contributed by atoms with van der Waals surface area (Å²) >= 11 is 0. The summed E-state index contributed by atoms with van der Waals surface area (Å²) in [5, 5.41) is 0. The molecule has 1 unspecified atom stereocenters. The maximum absolute atomic E-state index is 13.0. The molecule has 1 saturated heterocycles. The summed E-state index contributed by atoms with van der Waals surface area (Å²) in [5.41, 5.74) is 5.27. The Hall–Kier alpha value is -1.23. The molecule has 2 nitrogen and oxygen atoms in total. The number of hydrogen-bond donors (Lipinski definition) is 1. The molecule has 1 heterocycles. The topological polar surface area (TPSA) is 29.3 Å². The number of benzene rings is 1. The number of hydrogen-bond acceptors (Lipinski definition) is 2. The Morgan fingerprint density at radius 3 is 2.67 bits per heavy atom. The van der Waals surface area contributed by atoms with Crippen LogP contribution in [0.3, 0.4) is 0 Å². The summed E-state index contributed by atoms with van der Waals surface area (Å²) in [6.45, 7) is 1.19. The van der Waals surface area contributed by atoms with Crippen molar-refractivity contribution in [3.8, 4) is 0 Å². The van der Waals surface area contributed by atoms with Crippen molar-refractivity contribution >= 4 is 5.69 Å². The van der Waals surface area contributed by atoms with Crippen molar-refractivity contribution in [2.45, 2.75) is 31.5 Å². The van der Waals surface area contributed by atoms with Crippen LogP contribution in [0.25, 0.3) is 0 Å². The monoisotopic (exact) mass is 258 g/mol. The van der Waals surface area contributed by atoms with Gasteiger partial charge in [-0.25, -0.2) is 0 Å². The molecule has 1 aromatic rings. The molecule has 0 aliphatic carbocycles. The fourth-order valence-corrected chi connectivity index (χ4v) is 2.61. The molecule has 1 fully saturated rings. The average molecular weight is 258 g/mol. The van der Waals surface area contributed by atoms with Crippen LogP contribution in [-0.4, -0.2) is 19.1 Å². The van der Waals surface area contributed by atoms with Gasteiger partial charge in [0.1, 0.15) is 0 Å². The Morgan fingerprint density at radius 1 is 1.28 bits per heavy atom. The van der Waals surface area contributed by atoms with Crippen molar-refractivity contribution in [2.24, 2.45) is 5.73 Å². The average Bonchev–Trinajstić information content (AvgIpc) is 2.77. The molecule has 2 rings (SSSR count). The molecule has 1 atom stereocenters. The fraction of sp³-hybridized carbons (Fsp3) is 0.538. The number of alkyl halides is 3. The highest BCUT2D eigenvalue weighted by Crippen LogP contribution is 2.39. The number of halogens is 3. The number of anilines is 1. The molecule has 100 valence electrons. The van der Waals surface area contributed by atoms with Gasteiger partial charge in [-0.15, -0.1) is 0 Å². The molecular formula is C13H17F3N2. The zero-order valence-corrected chi connectivity index (χ0v) is 10.1. The van der Waals surface area contributed by atoms with Crippen molar-refractivity contribution in [1.29, 1.82) is 0 Å². The Labute approximate surface area is 105 Å². The van der Waals surface area contributed by atoms with Gasteiger partial charge in [-0.2, -0.15) is 13.2 Å². The molecule has 1 aliphatic heterocycles. The van der Waals surface area contributed by atoms with E-state index in [4.69, 9.17) is 5.73 Å². The van der Waals surface area contributed by atoms with Crippen LogP contribution in [0.1, 0.15) is 24.8 Å². The number of nitrogens with two attached hydrogens (primary N) is 1. The highest BCUT2D eigenvalue weighted by atomic mass is 19.4. The summed E-state index contributed by atoms with van der Waals surface area (Å²) in [7, 11) is 0. The van der Waals surface area contributed by atoms with Crippen molar-refractivity contribution in [3.05, 3.63) is 29.8 Å². The largest absolute Gasteiger partial charge is 0.418 e. The van der Waals surface area contributed by atoms with Gasteiger partial charge in [0.2, 0.25) is 0 Å². The van der Waals surface area contributed by atoms with Crippen molar-refractivity contribution in [3.63, 3.8) is 0 Å². The van der Waals surface area contributed by atoms with Gasteiger partial charge in [0, 0.05) is 18.3 Å². The summed E-state index contributed by atoms with van der Waals surface area (Å²) in [6, 6.07) is 5.92. The fourth-order valence-electron chi connectivity index (χ4n) is 2.61. The number of nitrogens with zero attached hydrogens (tertiary/aromatic N) is 1. The lowest BCUT2D eigenvalue weighted by Crippen LogP contribution is -2.32. The molecule has 18 heavy (non-hydrogen) atoms. The molecular weight excluding hydrogens is 241 g/mol. The molecule has 1 aromatic carbocycles. The van der Waals surface area contributed by atoms with E-state index in [-0.39, 0.29) is 6.04 Å². The summed E-state index contributed by atoms with van der Waals surface area (Å²) < 4.78 is 38.9. The van der Waals surface area contributed by atoms with Gasteiger partial charge in [-0.1, -0.05) is 12.1 Å². The highest BCUT2D eigenvalue weighted by Gasteiger charge is 2.36. The molecule has 0 bridgehead atoms. The Kier molecular flexibility index (Phi) is 3.80. The lowest BCUT2D eigenvalue weighted by atomic mass is 10.1. The SMILES string of the molecule is NCCC1CCCN1c1ccccc1C(F)(F)F. The summed E-state index contributed by atoms with van der Waals surface area (Å²) in [6.07, 6.45) is -1.71. The van der Waals surface area contributed by atoms with Gasteiger partial charge < -0.3 is 10.6 Å². The van der Waals surface area contributed by atoms with Gasteiger partial charge in [-0.05, 0) is 37.9 Å². The third-order valence-electron chi connectivity index (χ3n) is 3.40. The van der Waals surface area contributed by atoms with E-state index in [1.165, 1.54) is 6.07 Å². The van der Waals surface area contributed by atoms with E-state index in [0.29, 0.717) is 18.8 Å². The standard InChI is InChI=1S/C13H17F3N2/c14-13(15,16)11-5-1-2-6-12(11)18-9-3-4-10(18)7-8-17/h1-2,5-6,10H,3-4,7-9,17H2. The van der Waals surface area contributed by atoms with Gasteiger partial charge in [0.05, 0.1) is 5.56 Å². The molecule has 0 saturated carbocycles. The van der Waals surface area contributed by atoms with Crippen LogP contribution in [0.5, 0.6) is 0 Å². The molecule has 0 spiro atoms. The first-order valence-corrected chi connectivity index (χ1v) is 6.17. The lowest BCUT2D eigenvalue weighted by Gasteiger charge is -2.29. The Balaban J connectivity index is 2.33. The van der Waals surface area contributed by atoms with Crippen LogP contribution >= 0.6 is 0 Å². The Morgan fingerprint density at radius 2 is 2.00 bits per heavy atom. The second-order valence-corrected chi connectivity index (χ2v) is 4.58. The van der Waals surface area contributed by atoms with E-state index in [1.54, 1.807) is 12.1 Å². The van der Waals surface area contributed by atoms with Crippen LogP contribution in [0, 0.1) is 0 Å². The minimum atomic E-state index is -4.30. The summed E-state index contributed by atoms with van der Waals surface area (Å²) in [4.78, 5) is 1.86. The van der Waals surface area contributed by atoms with Crippen LogP contribution in [0.2, 0.25) is 0 Å². The molecule has 0 amide bonds. The van der Waals surface area contributed by atoms with E-state index in [1.807, 2.05) is 4.90 Å². The molecule has 0 radical (unpaired) electrons. The minimum Gasteiger partial charge on any atom is -0.368 e. The van der Waals surface area contributed by atoms with Crippen molar-refractivity contribution < 1.29 is 13.2 Å². The van der Waals surface area contributed by atoms with E-state index >= 15 is 0 Å². The van der Waals surface area contributed by atoms with Crippen LogP contribution in [0.4, 0.5) is 18.9 Å². The highest BCUT2D eigenvalue weighted by molar-refractivity contribution is 5.56. The third kappa shape index (κ3) is 2.61. The first-order chi connectivity index (χ1) is 8.54. The maximum Gasteiger partial charge on any atom is 0.418 e. The second kappa shape index (κ2) is 5.18. The van der Waals surface area contributed by atoms with Gasteiger partial charge in [-0.3, -0.25) is 0 Å². The predicted octanol–water partition coefficient (Wildman–Crippen LogP) is 3.02. The quantitative estimate of drug-likeness (QED) is 0.903. The van der Waals surface area contributed by atoms with E-state index < -0.39 is 11.7 Å². The number of rotatable bonds is 3. The van der Waals surface area contributed by atoms with Crippen molar-refractivity contribution in [2.75, 3.05) is 18.0 Å².